The third-order valence-corrected chi connectivity index (χ3v) is 5.01. The van der Waals surface area contributed by atoms with Crippen LogP contribution in [0.5, 0.6) is 11.5 Å². The summed E-state index contributed by atoms with van der Waals surface area (Å²) < 4.78 is 16.9. The molecule has 1 fully saturated rings. The first-order chi connectivity index (χ1) is 13.3. The highest BCUT2D eigenvalue weighted by Crippen LogP contribution is 2.28. The fourth-order valence-electron chi connectivity index (χ4n) is 3.55. The molecule has 4 rings (SSSR count). The second-order valence-electron chi connectivity index (χ2n) is 6.73. The Labute approximate surface area is 159 Å². The lowest BCUT2D eigenvalue weighted by Gasteiger charge is -2.33. The summed E-state index contributed by atoms with van der Waals surface area (Å²) in [6.07, 6.45) is 1.90. The number of pyridine rings is 1. The van der Waals surface area contributed by atoms with E-state index in [2.05, 4.69) is 34.1 Å². The highest BCUT2D eigenvalue weighted by Gasteiger charge is 2.24. The summed E-state index contributed by atoms with van der Waals surface area (Å²) in [6, 6.07) is 16.3. The van der Waals surface area contributed by atoms with Gasteiger partial charge in [0.15, 0.2) is 0 Å². The molecule has 0 N–H and O–H groups in total. The molecule has 0 aliphatic carbocycles. The molecule has 3 aromatic rings. The third-order valence-electron chi connectivity index (χ3n) is 5.01. The quantitative estimate of drug-likeness (QED) is 0.688. The molecule has 140 valence electrons. The van der Waals surface area contributed by atoms with Gasteiger partial charge in [0.2, 0.25) is 0 Å². The molecule has 2 heterocycles. The van der Waals surface area contributed by atoms with E-state index in [4.69, 9.17) is 14.2 Å². The molecule has 2 aromatic carbocycles. The lowest BCUT2D eigenvalue weighted by atomic mass is 10.1. The number of nitrogens with zero attached hydrogens (tertiary/aromatic N) is 2. The number of aromatic nitrogens is 1. The second-order valence-corrected chi connectivity index (χ2v) is 6.73. The molecular formula is C22H24N2O3. The monoisotopic (exact) mass is 364 g/mol. The molecular weight excluding hydrogens is 340 g/mol. The first kappa shape index (κ1) is 17.8. The van der Waals surface area contributed by atoms with Crippen molar-refractivity contribution in [3.63, 3.8) is 0 Å². The van der Waals surface area contributed by atoms with Gasteiger partial charge in [0, 0.05) is 36.8 Å². The summed E-state index contributed by atoms with van der Waals surface area (Å²) in [7, 11) is 3.38. The number of benzene rings is 2. The van der Waals surface area contributed by atoms with E-state index >= 15 is 0 Å². The fourth-order valence-corrected chi connectivity index (χ4v) is 3.55. The molecule has 1 aromatic heterocycles. The first-order valence-electron chi connectivity index (χ1n) is 9.16. The van der Waals surface area contributed by atoms with Crippen LogP contribution < -0.4 is 9.47 Å². The zero-order valence-corrected chi connectivity index (χ0v) is 15.7. The Morgan fingerprint density at radius 2 is 1.93 bits per heavy atom. The average Bonchev–Trinajstić information content (AvgIpc) is 2.73. The highest BCUT2D eigenvalue weighted by atomic mass is 16.5. The van der Waals surface area contributed by atoms with E-state index in [1.165, 1.54) is 5.39 Å². The van der Waals surface area contributed by atoms with Gasteiger partial charge in [0.1, 0.15) is 17.6 Å². The summed E-state index contributed by atoms with van der Waals surface area (Å²) in [4.78, 5) is 7.01. The molecule has 1 aliphatic heterocycles. The molecule has 0 bridgehead atoms. The topological polar surface area (TPSA) is 43.8 Å². The Hall–Kier alpha value is -2.63. The maximum Gasteiger partial charge on any atom is 0.123 e. The Bertz CT molecular complexity index is 928. The minimum atomic E-state index is -0.0278. The van der Waals surface area contributed by atoms with Gasteiger partial charge in [-0.15, -0.1) is 0 Å². The van der Waals surface area contributed by atoms with E-state index in [1.807, 2.05) is 30.5 Å². The van der Waals surface area contributed by atoms with Crippen LogP contribution in [-0.4, -0.2) is 43.8 Å². The predicted octanol–water partition coefficient (Wildman–Crippen LogP) is 3.83. The van der Waals surface area contributed by atoms with Crippen molar-refractivity contribution >= 4 is 10.8 Å². The Balaban J connectivity index is 1.52. The van der Waals surface area contributed by atoms with Crippen molar-refractivity contribution in [1.29, 1.82) is 0 Å². The van der Waals surface area contributed by atoms with E-state index in [1.54, 1.807) is 14.2 Å². The van der Waals surface area contributed by atoms with Gasteiger partial charge in [-0.05, 0) is 29.7 Å². The fraction of sp³-hybridized carbons (Fsp3) is 0.318. The van der Waals surface area contributed by atoms with Gasteiger partial charge in [0.25, 0.3) is 0 Å². The van der Waals surface area contributed by atoms with Crippen molar-refractivity contribution in [3.05, 3.63) is 66.0 Å². The average molecular weight is 364 g/mol. The largest absolute Gasteiger partial charge is 0.497 e. The van der Waals surface area contributed by atoms with Crippen molar-refractivity contribution in [2.45, 2.75) is 12.6 Å². The molecule has 1 saturated heterocycles. The van der Waals surface area contributed by atoms with Gasteiger partial charge in [-0.1, -0.05) is 24.3 Å². The van der Waals surface area contributed by atoms with Gasteiger partial charge in [-0.2, -0.15) is 0 Å². The summed E-state index contributed by atoms with van der Waals surface area (Å²) in [6.45, 7) is 3.15. The summed E-state index contributed by atoms with van der Waals surface area (Å²) in [5.41, 5.74) is 2.10. The van der Waals surface area contributed by atoms with E-state index in [-0.39, 0.29) is 6.10 Å². The predicted molar refractivity (Wildman–Crippen MR) is 105 cm³/mol. The smallest absolute Gasteiger partial charge is 0.123 e. The van der Waals surface area contributed by atoms with E-state index in [0.717, 1.165) is 47.8 Å². The highest BCUT2D eigenvalue weighted by molar-refractivity contribution is 5.81. The van der Waals surface area contributed by atoms with Gasteiger partial charge in [0.05, 0.1) is 26.5 Å². The normalized spacial score (nSPS) is 17.8. The summed E-state index contributed by atoms with van der Waals surface area (Å²) in [5.74, 6) is 1.72. The molecule has 0 unspecified atom stereocenters. The van der Waals surface area contributed by atoms with Crippen molar-refractivity contribution in [3.8, 4) is 11.5 Å². The van der Waals surface area contributed by atoms with Gasteiger partial charge < -0.3 is 14.2 Å². The number of hydrogen-bond acceptors (Lipinski definition) is 5. The molecule has 0 amide bonds. The van der Waals surface area contributed by atoms with Gasteiger partial charge >= 0.3 is 0 Å². The maximum atomic E-state index is 6.02. The van der Waals surface area contributed by atoms with Crippen molar-refractivity contribution in [1.82, 2.24) is 9.88 Å². The Morgan fingerprint density at radius 3 is 2.74 bits per heavy atom. The number of morpholine rings is 1. The van der Waals surface area contributed by atoms with Gasteiger partial charge in [-0.25, -0.2) is 0 Å². The van der Waals surface area contributed by atoms with Crippen molar-refractivity contribution < 1.29 is 14.2 Å². The Kier molecular flexibility index (Phi) is 5.23. The Morgan fingerprint density at radius 1 is 1.07 bits per heavy atom. The molecule has 1 aliphatic rings. The molecule has 5 heteroatoms. The number of methoxy groups -OCH3 is 2. The van der Waals surface area contributed by atoms with Crippen LogP contribution in [0.3, 0.4) is 0 Å². The van der Waals surface area contributed by atoms with E-state index in [9.17, 15) is 0 Å². The molecule has 1 atom stereocenters. The molecule has 5 nitrogen and oxygen atoms in total. The second kappa shape index (κ2) is 7.94. The standard InChI is InChI=1S/C22H24N2O3/c1-25-19-7-8-21(26-2)18(11-19)14-24-9-10-27-22(15-24)20-12-16-5-3-4-6-17(16)13-23-20/h3-8,11-13,22H,9-10,14-15H2,1-2H3/t22-/m0/s1. The van der Waals surface area contributed by atoms with Crippen LogP contribution in [-0.2, 0) is 11.3 Å². The SMILES string of the molecule is COc1ccc(OC)c(CN2CCO[C@H](c3cc4ccccc4cn3)C2)c1. The number of fused-ring (bicyclic) bond motifs is 1. The molecule has 27 heavy (non-hydrogen) atoms. The number of hydrogen-bond donors (Lipinski definition) is 0. The number of rotatable bonds is 5. The molecule has 0 spiro atoms. The van der Waals surface area contributed by atoms with Crippen LogP contribution in [0, 0.1) is 0 Å². The molecule has 0 radical (unpaired) electrons. The zero-order valence-electron chi connectivity index (χ0n) is 15.7. The summed E-state index contributed by atoms with van der Waals surface area (Å²) in [5, 5.41) is 2.34. The zero-order chi connectivity index (χ0) is 18.6. The summed E-state index contributed by atoms with van der Waals surface area (Å²) >= 11 is 0. The van der Waals surface area contributed by atoms with Crippen LogP contribution in [0.2, 0.25) is 0 Å². The van der Waals surface area contributed by atoms with E-state index < -0.39 is 0 Å². The first-order valence-corrected chi connectivity index (χ1v) is 9.16. The van der Waals surface area contributed by atoms with Crippen LogP contribution >= 0.6 is 0 Å². The van der Waals surface area contributed by atoms with Crippen molar-refractivity contribution in [2.75, 3.05) is 33.9 Å². The molecule has 0 saturated carbocycles. The van der Waals surface area contributed by atoms with E-state index in [0.29, 0.717) is 6.61 Å². The van der Waals surface area contributed by atoms with Crippen LogP contribution in [0.15, 0.2) is 54.7 Å². The minimum absolute atomic E-state index is 0.0278. The van der Waals surface area contributed by atoms with Gasteiger partial charge in [-0.3, -0.25) is 9.88 Å². The van der Waals surface area contributed by atoms with Crippen molar-refractivity contribution in [2.24, 2.45) is 0 Å². The minimum Gasteiger partial charge on any atom is -0.497 e. The third kappa shape index (κ3) is 3.89. The lowest BCUT2D eigenvalue weighted by molar-refractivity contribution is -0.0350. The van der Waals surface area contributed by atoms with Crippen LogP contribution in [0.4, 0.5) is 0 Å². The lowest BCUT2D eigenvalue weighted by Crippen LogP contribution is -2.38. The number of ether oxygens (including phenoxy) is 3. The van der Waals surface area contributed by atoms with Crippen LogP contribution in [0.1, 0.15) is 17.4 Å². The van der Waals surface area contributed by atoms with Crippen LogP contribution in [0.25, 0.3) is 10.8 Å². The maximum absolute atomic E-state index is 6.02.